The second-order valence-corrected chi connectivity index (χ2v) is 6.94. The summed E-state index contributed by atoms with van der Waals surface area (Å²) in [4.78, 5) is 23.4. The predicted octanol–water partition coefficient (Wildman–Crippen LogP) is 4.11. The highest BCUT2D eigenvalue weighted by Gasteiger charge is 2.44. The summed E-state index contributed by atoms with van der Waals surface area (Å²) < 4.78 is 0.567. The Kier molecular flexibility index (Phi) is 5.28. The lowest BCUT2D eigenvalue weighted by molar-refractivity contribution is -0.150. The molecule has 0 aromatic heterocycles. The van der Waals surface area contributed by atoms with Crippen LogP contribution in [0.4, 0.5) is 10.5 Å². The van der Waals surface area contributed by atoms with E-state index in [0.717, 1.165) is 0 Å². The second kappa shape index (κ2) is 6.23. The van der Waals surface area contributed by atoms with Gasteiger partial charge < -0.3 is 15.7 Å². The van der Waals surface area contributed by atoms with E-state index in [2.05, 4.69) is 26.6 Å². The lowest BCUT2D eigenvalue weighted by Gasteiger charge is -2.38. The van der Waals surface area contributed by atoms with Gasteiger partial charge in [-0.1, -0.05) is 17.7 Å². The first-order valence-corrected chi connectivity index (χ1v) is 7.42. The normalized spacial score (nSPS) is 11.9. The number of amides is 2. The van der Waals surface area contributed by atoms with Crippen LogP contribution >= 0.6 is 27.5 Å². The maximum Gasteiger partial charge on any atom is 0.319 e. The van der Waals surface area contributed by atoms with Crippen LogP contribution in [0.25, 0.3) is 0 Å². The van der Waals surface area contributed by atoms with Gasteiger partial charge >= 0.3 is 12.0 Å². The largest absolute Gasteiger partial charge is 0.481 e. The molecule has 0 aliphatic carbocycles. The SMILES string of the molecule is CC(C)(NC(=O)Nc1cccc(Cl)c1Br)C(C)(C)C(=O)O. The van der Waals surface area contributed by atoms with Crippen molar-refractivity contribution in [2.24, 2.45) is 5.41 Å². The number of carboxylic acid groups (broad SMARTS) is 1. The van der Waals surface area contributed by atoms with Crippen LogP contribution in [0.3, 0.4) is 0 Å². The highest BCUT2D eigenvalue weighted by atomic mass is 79.9. The van der Waals surface area contributed by atoms with Crippen molar-refractivity contribution in [3.05, 3.63) is 27.7 Å². The summed E-state index contributed by atoms with van der Waals surface area (Å²) in [5, 5.41) is 15.1. The molecule has 1 aromatic carbocycles. The highest BCUT2D eigenvalue weighted by molar-refractivity contribution is 9.10. The summed E-state index contributed by atoms with van der Waals surface area (Å²) >= 11 is 9.23. The van der Waals surface area contributed by atoms with Gasteiger partial charge in [0.05, 0.1) is 26.1 Å². The molecule has 0 heterocycles. The van der Waals surface area contributed by atoms with Gasteiger partial charge in [-0.2, -0.15) is 0 Å². The number of nitrogens with one attached hydrogen (secondary N) is 2. The van der Waals surface area contributed by atoms with Crippen LogP contribution < -0.4 is 10.6 Å². The molecule has 21 heavy (non-hydrogen) atoms. The zero-order valence-electron chi connectivity index (χ0n) is 12.3. The monoisotopic (exact) mass is 376 g/mol. The van der Waals surface area contributed by atoms with Gasteiger partial charge in [-0.05, 0) is 55.8 Å². The molecular formula is C14H18BrClN2O3. The van der Waals surface area contributed by atoms with Crippen LogP contribution in [0, 0.1) is 5.41 Å². The minimum atomic E-state index is -1.13. The average Bonchev–Trinajstić information content (AvgIpc) is 2.33. The van der Waals surface area contributed by atoms with Crippen molar-refractivity contribution in [2.75, 3.05) is 5.32 Å². The summed E-state index contributed by atoms with van der Waals surface area (Å²) in [7, 11) is 0. The first kappa shape index (κ1) is 17.8. The van der Waals surface area contributed by atoms with Crippen molar-refractivity contribution >= 4 is 45.2 Å². The molecule has 0 atom stereocenters. The summed E-state index contributed by atoms with van der Waals surface area (Å²) in [5.41, 5.74) is -1.58. The molecule has 116 valence electrons. The van der Waals surface area contributed by atoms with Crippen LogP contribution in [0.15, 0.2) is 22.7 Å². The summed E-state index contributed by atoms with van der Waals surface area (Å²) in [6.45, 7) is 6.44. The van der Waals surface area contributed by atoms with E-state index in [1.165, 1.54) is 0 Å². The van der Waals surface area contributed by atoms with Crippen LogP contribution in [0.2, 0.25) is 5.02 Å². The number of carbonyl (C=O) groups excluding carboxylic acids is 1. The fourth-order valence-electron chi connectivity index (χ4n) is 1.46. The molecule has 0 aliphatic heterocycles. The maximum atomic E-state index is 12.1. The quantitative estimate of drug-likeness (QED) is 0.738. The third-order valence-corrected chi connectivity index (χ3v) is 5.12. The molecule has 0 aliphatic rings. The van der Waals surface area contributed by atoms with Gasteiger partial charge in [0, 0.05) is 0 Å². The lowest BCUT2D eigenvalue weighted by atomic mass is 9.74. The third-order valence-electron chi connectivity index (χ3n) is 3.72. The fraction of sp³-hybridized carbons (Fsp3) is 0.429. The number of urea groups is 1. The number of rotatable bonds is 4. The Morgan fingerprint density at radius 2 is 1.81 bits per heavy atom. The number of anilines is 1. The molecule has 0 unspecified atom stereocenters. The molecule has 0 bridgehead atoms. The van der Waals surface area contributed by atoms with Crippen molar-refractivity contribution in [2.45, 2.75) is 33.2 Å². The number of halogens is 2. The van der Waals surface area contributed by atoms with Crippen LogP contribution in [0.1, 0.15) is 27.7 Å². The van der Waals surface area contributed by atoms with Crippen molar-refractivity contribution in [3.8, 4) is 0 Å². The maximum absolute atomic E-state index is 12.1. The highest BCUT2D eigenvalue weighted by Crippen LogP contribution is 2.32. The molecule has 0 radical (unpaired) electrons. The molecule has 0 fully saturated rings. The number of hydrogen-bond acceptors (Lipinski definition) is 2. The first-order chi connectivity index (χ1) is 9.49. The van der Waals surface area contributed by atoms with Gasteiger partial charge in [-0.25, -0.2) is 4.79 Å². The van der Waals surface area contributed by atoms with Gasteiger partial charge in [0.15, 0.2) is 0 Å². The number of hydrogen-bond donors (Lipinski definition) is 3. The number of carboxylic acids is 1. The standard InChI is InChI=1S/C14H18BrClN2O3/c1-13(2,11(19)20)14(3,4)18-12(21)17-9-7-5-6-8(16)10(9)15/h5-7H,1-4H3,(H,19,20)(H2,17,18,21). The molecule has 3 N–H and O–H groups in total. The Morgan fingerprint density at radius 1 is 1.24 bits per heavy atom. The minimum Gasteiger partial charge on any atom is -0.481 e. The lowest BCUT2D eigenvalue weighted by Crippen LogP contribution is -2.57. The Bertz CT molecular complexity index is 573. The van der Waals surface area contributed by atoms with Crippen molar-refractivity contribution in [3.63, 3.8) is 0 Å². The van der Waals surface area contributed by atoms with Crippen LogP contribution in [-0.2, 0) is 4.79 Å². The molecule has 0 saturated heterocycles. The molecule has 0 saturated carbocycles. The predicted molar refractivity (Wildman–Crippen MR) is 86.8 cm³/mol. The molecular weight excluding hydrogens is 360 g/mol. The van der Waals surface area contributed by atoms with E-state index >= 15 is 0 Å². The Hall–Kier alpha value is -1.27. The molecule has 2 amide bonds. The molecule has 7 heteroatoms. The number of carbonyl (C=O) groups is 2. The van der Waals surface area contributed by atoms with Gasteiger partial charge in [0.25, 0.3) is 0 Å². The van der Waals surface area contributed by atoms with E-state index in [9.17, 15) is 14.7 Å². The van der Waals surface area contributed by atoms with Gasteiger partial charge in [0.2, 0.25) is 0 Å². The van der Waals surface area contributed by atoms with E-state index < -0.39 is 23.0 Å². The van der Waals surface area contributed by atoms with Crippen molar-refractivity contribution in [1.82, 2.24) is 5.32 Å². The number of aliphatic carboxylic acids is 1. The van der Waals surface area contributed by atoms with Gasteiger partial charge in [-0.15, -0.1) is 0 Å². The second-order valence-electron chi connectivity index (χ2n) is 5.74. The fourth-order valence-corrected chi connectivity index (χ4v) is 2.00. The molecule has 5 nitrogen and oxygen atoms in total. The summed E-state index contributed by atoms with van der Waals surface area (Å²) in [5.74, 6) is -0.989. The zero-order chi connectivity index (χ0) is 16.4. The number of benzene rings is 1. The molecule has 1 rings (SSSR count). The first-order valence-electron chi connectivity index (χ1n) is 6.25. The topological polar surface area (TPSA) is 78.4 Å². The van der Waals surface area contributed by atoms with Crippen LogP contribution in [-0.4, -0.2) is 22.6 Å². The minimum absolute atomic E-state index is 0.470. The van der Waals surface area contributed by atoms with Gasteiger partial charge in [0.1, 0.15) is 0 Å². The van der Waals surface area contributed by atoms with Crippen LogP contribution in [0.5, 0.6) is 0 Å². The third kappa shape index (κ3) is 3.89. The summed E-state index contributed by atoms with van der Waals surface area (Å²) in [6, 6.07) is 4.57. The van der Waals surface area contributed by atoms with E-state index in [0.29, 0.717) is 15.2 Å². The van der Waals surface area contributed by atoms with E-state index in [4.69, 9.17) is 11.6 Å². The van der Waals surface area contributed by atoms with E-state index in [1.807, 2.05) is 0 Å². The molecule has 1 aromatic rings. The Morgan fingerprint density at radius 3 is 2.33 bits per heavy atom. The van der Waals surface area contributed by atoms with Crippen molar-refractivity contribution in [1.29, 1.82) is 0 Å². The average molecular weight is 378 g/mol. The zero-order valence-corrected chi connectivity index (χ0v) is 14.6. The molecule has 0 spiro atoms. The van der Waals surface area contributed by atoms with Gasteiger partial charge in [-0.3, -0.25) is 4.79 Å². The Labute approximate surface area is 137 Å². The smallest absolute Gasteiger partial charge is 0.319 e. The van der Waals surface area contributed by atoms with Crippen molar-refractivity contribution < 1.29 is 14.7 Å². The van der Waals surface area contributed by atoms with E-state index in [-0.39, 0.29) is 0 Å². The van der Waals surface area contributed by atoms with E-state index in [1.54, 1.807) is 45.9 Å². The summed E-state index contributed by atoms with van der Waals surface area (Å²) in [6.07, 6.45) is 0. The Balaban J connectivity index is 2.87.